The van der Waals surface area contributed by atoms with E-state index in [-0.39, 0.29) is 11.9 Å². The zero-order chi connectivity index (χ0) is 15.6. The number of carboxylic acids is 1. The fourth-order valence-electron chi connectivity index (χ4n) is 2.96. The second-order valence-electron chi connectivity index (χ2n) is 6.09. The van der Waals surface area contributed by atoms with Crippen molar-refractivity contribution in [3.8, 4) is 0 Å². The number of anilines is 1. The zero-order valence-corrected chi connectivity index (χ0v) is 12.7. The van der Waals surface area contributed by atoms with Crippen LogP contribution in [0.4, 0.5) is 5.69 Å². The Kier molecular flexibility index (Phi) is 4.65. The minimum atomic E-state index is -0.871. The van der Waals surface area contributed by atoms with Gasteiger partial charge in [-0.1, -0.05) is 13.3 Å². The Bertz CT molecular complexity index is 524. The van der Waals surface area contributed by atoms with Crippen molar-refractivity contribution in [2.24, 2.45) is 17.8 Å². The fraction of sp³-hybridized carbons (Fsp3) is 0.667. The van der Waals surface area contributed by atoms with E-state index in [1.807, 2.05) is 20.8 Å². The number of rotatable bonds is 5. The molecule has 116 valence electrons. The average Bonchev–Trinajstić information content (AvgIpc) is 3.04. The predicted octanol–water partition coefficient (Wildman–Crippen LogP) is 2.54. The minimum Gasteiger partial charge on any atom is -0.481 e. The molecule has 2 N–H and O–H groups in total. The highest BCUT2D eigenvalue weighted by Crippen LogP contribution is 2.39. The van der Waals surface area contributed by atoms with Gasteiger partial charge < -0.3 is 10.4 Å². The maximum atomic E-state index is 12.4. The van der Waals surface area contributed by atoms with Gasteiger partial charge in [0.05, 0.1) is 23.7 Å². The number of aromatic nitrogens is 2. The largest absolute Gasteiger partial charge is 0.481 e. The maximum absolute atomic E-state index is 12.4. The molecule has 1 amide bonds. The van der Waals surface area contributed by atoms with E-state index in [2.05, 4.69) is 10.4 Å². The Morgan fingerprint density at radius 1 is 1.43 bits per heavy atom. The van der Waals surface area contributed by atoms with Crippen LogP contribution < -0.4 is 5.32 Å². The van der Waals surface area contributed by atoms with Crippen LogP contribution in [0.5, 0.6) is 0 Å². The maximum Gasteiger partial charge on any atom is 0.307 e. The first-order valence-electron chi connectivity index (χ1n) is 7.50. The van der Waals surface area contributed by atoms with Crippen molar-refractivity contribution in [1.29, 1.82) is 0 Å². The van der Waals surface area contributed by atoms with Gasteiger partial charge in [0.15, 0.2) is 0 Å². The second kappa shape index (κ2) is 6.28. The van der Waals surface area contributed by atoms with Crippen LogP contribution in [0.2, 0.25) is 0 Å². The third-order valence-corrected chi connectivity index (χ3v) is 4.29. The van der Waals surface area contributed by atoms with Gasteiger partial charge in [0.25, 0.3) is 0 Å². The number of hydrogen-bond acceptors (Lipinski definition) is 3. The molecule has 0 bridgehead atoms. The quantitative estimate of drug-likeness (QED) is 0.873. The van der Waals surface area contributed by atoms with Gasteiger partial charge in [-0.2, -0.15) is 5.10 Å². The van der Waals surface area contributed by atoms with Gasteiger partial charge in [-0.3, -0.25) is 14.3 Å². The minimum absolute atomic E-state index is 0.207. The Balaban J connectivity index is 2.05. The highest BCUT2D eigenvalue weighted by Gasteiger charge is 2.42. The standard InChI is InChI=1S/C15H23N3O3/c1-4-10-5-12(13(6-10)15(20)21)14(19)17-11-7-16-18(8-11)9(2)3/h7-10,12-13H,4-6H2,1-3H3,(H,17,19)(H,20,21)/t10?,12-,13+/m0/s1. The monoisotopic (exact) mass is 293 g/mol. The third kappa shape index (κ3) is 3.43. The Morgan fingerprint density at radius 2 is 2.10 bits per heavy atom. The lowest BCUT2D eigenvalue weighted by atomic mass is 9.95. The molecule has 1 heterocycles. The molecule has 6 heteroatoms. The van der Waals surface area contributed by atoms with E-state index in [0.29, 0.717) is 24.4 Å². The number of carboxylic acid groups (broad SMARTS) is 1. The van der Waals surface area contributed by atoms with Crippen molar-refractivity contribution in [3.05, 3.63) is 12.4 Å². The van der Waals surface area contributed by atoms with Crippen molar-refractivity contribution in [3.63, 3.8) is 0 Å². The number of amides is 1. The molecule has 0 aliphatic heterocycles. The zero-order valence-electron chi connectivity index (χ0n) is 12.7. The summed E-state index contributed by atoms with van der Waals surface area (Å²) in [6, 6.07) is 0.221. The molecule has 1 fully saturated rings. The molecule has 3 atom stereocenters. The van der Waals surface area contributed by atoms with Crippen molar-refractivity contribution in [1.82, 2.24) is 9.78 Å². The molecule has 0 spiro atoms. The first-order valence-corrected chi connectivity index (χ1v) is 7.50. The fourth-order valence-corrected chi connectivity index (χ4v) is 2.96. The van der Waals surface area contributed by atoms with Crippen LogP contribution in [0.3, 0.4) is 0 Å². The van der Waals surface area contributed by atoms with Crippen molar-refractivity contribution < 1.29 is 14.7 Å². The van der Waals surface area contributed by atoms with Crippen molar-refractivity contribution in [2.45, 2.75) is 46.1 Å². The van der Waals surface area contributed by atoms with Gasteiger partial charge in [0.1, 0.15) is 0 Å². The van der Waals surface area contributed by atoms with Crippen LogP contribution in [-0.4, -0.2) is 26.8 Å². The number of carbonyl (C=O) groups is 2. The van der Waals surface area contributed by atoms with E-state index in [1.54, 1.807) is 17.1 Å². The predicted molar refractivity (Wildman–Crippen MR) is 78.9 cm³/mol. The van der Waals surface area contributed by atoms with Crippen molar-refractivity contribution >= 4 is 17.6 Å². The van der Waals surface area contributed by atoms with Crippen LogP contribution in [0.15, 0.2) is 12.4 Å². The van der Waals surface area contributed by atoms with Crippen LogP contribution in [0.25, 0.3) is 0 Å². The van der Waals surface area contributed by atoms with Crippen molar-refractivity contribution in [2.75, 3.05) is 5.32 Å². The van der Waals surface area contributed by atoms with Gasteiger partial charge in [-0.25, -0.2) is 0 Å². The normalized spacial score (nSPS) is 25.2. The van der Waals surface area contributed by atoms with Crippen LogP contribution >= 0.6 is 0 Å². The van der Waals surface area contributed by atoms with Gasteiger partial charge in [-0.15, -0.1) is 0 Å². The molecule has 1 saturated carbocycles. The Hall–Kier alpha value is -1.85. The van der Waals surface area contributed by atoms with Crippen LogP contribution in [-0.2, 0) is 9.59 Å². The highest BCUT2D eigenvalue weighted by molar-refractivity contribution is 5.95. The van der Waals surface area contributed by atoms with E-state index in [1.165, 1.54) is 0 Å². The first-order chi connectivity index (χ1) is 9.92. The second-order valence-corrected chi connectivity index (χ2v) is 6.09. The molecule has 2 rings (SSSR count). The lowest BCUT2D eigenvalue weighted by molar-refractivity contribution is -0.145. The summed E-state index contributed by atoms with van der Waals surface area (Å²) in [7, 11) is 0. The lowest BCUT2D eigenvalue weighted by Gasteiger charge is -2.14. The summed E-state index contributed by atoms with van der Waals surface area (Å²) in [5.41, 5.74) is 0.623. The number of hydrogen-bond donors (Lipinski definition) is 2. The van der Waals surface area contributed by atoms with Gasteiger partial charge in [0, 0.05) is 12.2 Å². The molecule has 0 saturated heterocycles. The van der Waals surface area contributed by atoms with Crippen LogP contribution in [0.1, 0.15) is 46.1 Å². The lowest BCUT2D eigenvalue weighted by Crippen LogP contribution is -2.29. The molecule has 21 heavy (non-hydrogen) atoms. The summed E-state index contributed by atoms with van der Waals surface area (Å²) in [5.74, 6) is -1.78. The Morgan fingerprint density at radius 3 is 2.62 bits per heavy atom. The molecule has 1 aromatic heterocycles. The smallest absolute Gasteiger partial charge is 0.307 e. The number of nitrogens with zero attached hydrogens (tertiary/aromatic N) is 2. The van der Waals surface area contributed by atoms with E-state index in [4.69, 9.17) is 0 Å². The summed E-state index contributed by atoms with van der Waals surface area (Å²) in [5, 5.41) is 16.3. The van der Waals surface area contributed by atoms with E-state index < -0.39 is 17.8 Å². The average molecular weight is 293 g/mol. The molecule has 1 unspecified atom stereocenters. The Labute approximate surface area is 124 Å². The topological polar surface area (TPSA) is 84.2 Å². The molecule has 1 aromatic rings. The van der Waals surface area contributed by atoms with E-state index >= 15 is 0 Å². The number of aliphatic carboxylic acids is 1. The summed E-state index contributed by atoms with van der Waals surface area (Å²) < 4.78 is 1.76. The third-order valence-electron chi connectivity index (χ3n) is 4.29. The molecule has 0 radical (unpaired) electrons. The molecule has 1 aliphatic rings. The number of carbonyl (C=O) groups excluding carboxylic acids is 1. The van der Waals surface area contributed by atoms with Gasteiger partial charge >= 0.3 is 5.97 Å². The summed E-state index contributed by atoms with van der Waals surface area (Å²) in [6.45, 7) is 6.04. The van der Waals surface area contributed by atoms with Gasteiger partial charge in [-0.05, 0) is 32.6 Å². The van der Waals surface area contributed by atoms with Crippen LogP contribution in [0, 0.1) is 17.8 Å². The SMILES string of the molecule is CCC1C[C@H](C(=O)Nc2cnn(C(C)C)c2)[C@H](C(=O)O)C1. The number of nitrogens with one attached hydrogen (secondary N) is 1. The molecule has 1 aliphatic carbocycles. The first kappa shape index (κ1) is 15.5. The molecule has 6 nitrogen and oxygen atoms in total. The molecule has 0 aromatic carbocycles. The van der Waals surface area contributed by atoms with E-state index in [9.17, 15) is 14.7 Å². The summed E-state index contributed by atoms with van der Waals surface area (Å²) >= 11 is 0. The molecular weight excluding hydrogens is 270 g/mol. The van der Waals surface area contributed by atoms with Gasteiger partial charge in [0.2, 0.25) is 5.91 Å². The summed E-state index contributed by atoms with van der Waals surface area (Å²) in [4.78, 5) is 23.7. The molecular formula is C15H23N3O3. The highest BCUT2D eigenvalue weighted by atomic mass is 16.4. The summed E-state index contributed by atoms with van der Waals surface area (Å²) in [6.07, 6.45) is 5.52. The van der Waals surface area contributed by atoms with E-state index in [0.717, 1.165) is 6.42 Å².